The lowest BCUT2D eigenvalue weighted by molar-refractivity contribution is -0.144. The summed E-state index contributed by atoms with van der Waals surface area (Å²) in [5.41, 5.74) is 1.74. The number of likely N-dealkylation sites (tertiary alicyclic amines) is 1. The standard InChI is InChI=1S/C22H24N4O3/c1-11(2)19(20-23-14-5-3-4-6-15(14)24-20)25-16(27)10-26-21(28)17-12-7-8-13(9-12)18(17)22(26)29/h3-8,11-13,17-19H,9-10H2,1-2H3,(H,23,24)(H,25,27)/t12-,13-,17-,18-,19+/m0/s1. The number of H-pyrrole nitrogens is 1. The number of aromatic nitrogens is 2. The van der Waals surface area contributed by atoms with Gasteiger partial charge in [-0.1, -0.05) is 38.1 Å². The molecule has 0 radical (unpaired) electrons. The number of imide groups is 1. The number of amides is 3. The van der Waals surface area contributed by atoms with Gasteiger partial charge in [-0.25, -0.2) is 4.98 Å². The van der Waals surface area contributed by atoms with Crippen LogP contribution >= 0.6 is 0 Å². The summed E-state index contributed by atoms with van der Waals surface area (Å²) < 4.78 is 0. The summed E-state index contributed by atoms with van der Waals surface area (Å²) in [5.74, 6) is -0.235. The molecule has 7 nitrogen and oxygen atoms in total. The van der Waals surface area contributed by atoms with Crippen molar-refractivity contribution in [3.8, 4) is 0 Å². The van der Waals surface area contributed by atoms with Crippen LogP contribution in [0.1, 0.15) is 32.1 Å². The Balaban J connectivity index is 1.31. The van der Waals surface area contributed by atoms with E-state index in [0.717, 1.165) is 22.4 Å². The third kappa shape index (κ3) is 2.79. The van der Waals surface area contributed by atoms with Gasteiger partial charge in [0.1, 0.15) is 12.4 Å². The Morgan fingerprint density at radius 3 is 2.45 bits per heavy atom. The van der Waals surface area contributed by atoms with Crippen LogP contribution in [0.4, 0.5) is 0 Å². The monoisotopic (exact) mass is 392 g/mol. The molecule has 2 N–H and O–H groups in total. The zero-order valence-electron chi connectivity index (χ0n) is 16.5. The van der Waals surface area contributed by atoms with E-state index in [2.05, 4.69) is 27.4 Å². The number of hydrogen-bond acceptors (Lipinski definition) is 4. The summed E-state index contributed by atoms with van der Waals surface area (Å²) in [6.07, 6.45) is 4.99. The Kier molecular flexibility index (Phi) is 4.08. The van der Waals surface area contributed by atoms with Gasteiger partial charge in [0, 0.05) is 0 Å². The van der Waals surface area contributed by atoms with Crippen molar-refractivity contribution in [1.29, 1.82) is 0 Å². The Bertz CT molecular complexity index is 977. The smallest absolute Gasteiger partial charge is 0.240 e. The molecule has 2 aromatic rings. The number of imidazole rings is 1. The third-order valence-electron chi connectivity index (χ3n) is 6.55. The first kappa shape index (κ1) is 18.1. The zero-order valence-corrected chi connectivity index (χ0v) is 16.5. The predicted octanol–water partition coefficient (Wildman–Crippen LogP) is 2.18. The number of carbonyl (C=O) groups excluding carboxylic acids is 3. The number of nitrogens with one attached hydrogen (secondary N) is 2. The number of allylic oxidation sites excluding steroid dienone is 2. The summed E-state index contributed by atoms with van der Waals surface area (Å²) in [4.78, 5) is 47.4. The van der Waals surface area contributed by atoms with E-state index in [1.165, 1.54) is 0 Å². The summed E-state index contributed by atoms with van der Waals surface area (Å²) in [6, 6.07) is 7.36. The number of fused-ring (bicyclic) bond motifs is 6. The Hall–Kier alpha value is -2.96. The van der Waals surface area contributed by atoms with Crippen molar-refractivity contribution in [2.24, 2.45) is 29.6 Å². The Morgan fingerprint density at radius 2 is 1.83 bits per heavy atom. The first-order valence-electron chi connectivity index (χ1n) is 10.2. The van der Waals surface area contributed by atoms with Crippen LogP contribution < -0.4 is 5.32 Å². The van der Waals surface area contributed by atoms with Crippen LogP contribution in [-0.2, 0) is 14.4 Å². The third-order valence-corrected chi connectivity index (χ3v) is 6.55. The Labute approximate surface area is 168 Å². The quantitative estimate of drug-likeness (QED) is 0.602. The van der Waals surface area contributed by atoms with Gasteiger partial charge < -0.3 is 10.3 Å². The number of aromatic amines is 1. The van der Waals surface area contributed by atoms with Gasteiger partial charge in [0.15, 0.2) is 0 Å². The molecule has 3 aliphatic rings. The molecule has 1 aromatic carbocycles. The van der Waals surface area contributed by atoms with Gasteiger partial charge in [0.25, 0.3) is 0 Å². The van der Waals surface area contributed by atoms with E-state index in [0.29, 0.717) is 5.82 Å². The number of nitrogens with zero attached hydrogens (tertiary/aromatic N) is 2. The lowest BCUT2D eigenvalue weighted by Crippen LogP contribution is -2.43. The topological polar surface area (TPSA) is 95.2 Å². The molecule has 2 heterocycles. The number of para-hydroxylation sites is 2. The van der Waals surface area contributed by atoms with Crippen molar-refractivity contribution in [2.75, 3.05) is 6.54 Å². The van der Waals surface area contributed by atoms with Crippen LogP contribution in [0.25, 0.3) is 11.0 Å². The summed E-state index contributed by atoms with van der Waals surface area (Å²) in [5, 5.41) is 2.97. The SMILES string of the molecule is CC(C)[C@@H](NC(=O)CN1C(=O)[C@@H]2[C@@H](C1=O)[C@H]1C=C[C@H]2C1)c1nc2ccccc2[nH]1. The lowest BCUT2D eigenvalue weighted by Gasteiger charge is -2.22. The van der Waals surface area contributed by atoms with Gasteiger partial charge in [0.05, 0.1) is 28.9 Å². The minimum atomic E-state index is -0.342. The normalized spacial score (nSPS) is 28.6. The highest BCUT2D eigenvalue weighted by Crippen LogP contribution is 2.52. The van der Waals surface area contributed by atoms with Gasteiger partial charge in [-0.05, 0) is 36.3 Å². The largest absolute Gasteiger partial charge is 0.344 e. The fourth-order valence-electron chi connectivity index (χ4n) is 5.15. The molecule has 5 rings (SSSR count). The maximum atomic E-state index is 12.8. The molecule has 2 bridgehead atoms. The van der Waals surface area contributed by atoms with Gasteiger partial charge >= 0.3 is 0 Å². The molecular weight excluding hydrogens is 368 g/mol. The molecule has 150 valence electrons. The van der Waals surface area contributed by atoms with E-state index in [4.69, 9.17) is 0 Å². The minimum Gasteiger partial charge on any atom is -0.344 e. The van der Waals surface area contributed by atoms with E-state index in [1.54, 1.807) is 0 Å². The van der Waals surface area contributed by atoms with E-state index >= 15 is 0 Å². The second kappa shape index (κ2) is 6.54. The molecule has 0 spiro atoms. The second-order valence-electron chi connectivity index (χ2n) is 8.69. The molecular formula is C22H24N4O3. The average molecular weight is 392 g/mol. The number of carbonyl (C=O) groups is 3. The number of hydrogen-bond donors (Lipinski definition) is 2. The predicted molar refractivity (Wildman–Crippen MR) is 106 cm³/mol. The molecule has 2 fully saturated rings. The molecule has 1 saturated carbocycles. The molecule has 1 aliphatic heterocycles. The molecule has 29 heavy (non-hydrogen) atoms. The summed E-state index contributed by atoms with van der Waals surface area (Å²) in [7, 11) is 0. The highest BCUT2D eigenvalue weighted by atomic mass is 16.2. The van der Waals surface area contributed by atoms with E-state index in [9.17, 15) is 14.4 Å². The van der Waals surface area contributed by atoms with Crippen LogP contribution in [0.5, 0.6) is 0 Å². The summed E-state index contributed by atoms with van der Waals surface area (Å²) >= 11 is 0. The van der Waals surface area contributed by atoms with Crippen molar-refractivity contribution in [3.63, 3.8) is 0 Å². The maximum absolute atomic E-state index is 12.8. The van der Waals surface area contributed by atoms with Crippen LogP contribution in [0.3, 0.4) is 0 Å². The number of benzene rings is 1. The minimum absolute atomic E-state index is 0.0870. The maximum Gasteiger partial charge on any atom is 0.240 e. The highest BCUT2D eigenvalue weighted by Gasteiger charge is 2.59. The molecule has 7 heteroatoms. The van der Waals surface area contributed by atoms with Crippen molar-refractivity contribution >= 4 is 28.8 Å². The molecule has 2 aliphatic carbocycles. The van der Waals surface area contributed by atoms with Crippen molar-refractivity contribution in [3.05, 3.63) is 42.2 Å². The highest BCUT2D eigenvalue weighted by molar-refractivity contribution is 6.08. The van der Waals surface area contributed by atoms with E-state index < -0.39 is 0 Å². The van der Waals surface area contributed by atoms with Crippen LogP contribution in [0, 0.1) is 29.6 Å². The first-order chi connectivity index (χ1) is 13.9. The van der Waals surface area contributed by atoms with E-state index in [1.807, 2.05) is 38.1 Å². The lowest BCUT2D eigenvalue weighted by atomic mass is 9.85. The average Bonchev–Trinajstić information content (AvgIpc) is 3.45. The van der Waals surface area contributed by atoms with Crippen LogP contribution in [0.15, 0.2) is 36.4 Å². The van der Waals surface area contributed by atoms with Crippen LogP contribution in [0.2, 0.25) is 0 Å². The number of rotatable bonds is 5. The molecule has 3 amide bonds. The van der Waals surface area contributed by atoms with Crippen molar-refractivity contribution in [1.82, 2.24) is 20.2 Å². The van der Waals surface area contributed by atoms with Gasteiger partial charge in [-0.2, -0.15) is 0 Å². The molecule has 1 aromatic heterocycles. The van der Waals surface area contributed by atoms with Crippen molar-refractivity contribution in [2.45, 2.75) is 26.3 Å². The molecule has 1 saturated heterocycles. The van der Waals surface area contributed by atoms with Crippen molar-refractivity contribution < 1.29 is 14.4 Å². The zero-order chi connectivity index (χ0) is 20.3. The first-order valence-corrected chi connectivity index (χ1v) is 10.2. The molecule has 0 unspecified atom stereocenters. The second-order valence-corrected chi connectivity index (χ2v) is 8.69. The van der Waals surface area contributed by atoms with Crippen LogP contribution in [-0.4, -0.2) is 39.1 Å². The Morgan fingerprint density at radius 1 is 1.17 bits per heavy atom. The molecule has 5 atom stereocenters. The summed E-state index contributed by atoms with van der Waals surface area (Å²) in [6.45, 7) is 3.77. The van der Waals surface area contributed by atoms with E-state index in [-0.39, 0.29) is 59.9 Å². The fourth-order valence-corrected chi connectivity index (χ4v) is 5.15. The fraction of sp³-hybridized carbons (Fsp3) is 0.455. The van der Waals surface area contributed by atoms with Gasteiger partial charge in [-0.3, -0.25) is 19.3 Å². The van der Waals surface area contributed by atoms with Gasteiger partial charge in [-0.15, -0.1) is 0 Å². The van der Waals surface area contributed by atoms with Gasteiger partial charge in [0.2, 0.25) is 17.7 Å².